The van der Waals surface area contributed by atoms with Crippen LogP contribution in [-0.2, 0) is 14.8 Å². The maximum Gasteiger partial charge on any atom is 0.243 e. The molecule has 0 saturated carbocycles. The zero-order valence-electron chi connectivity index (χ0n) is 13.7. The molecule has 0 bridgehead atoms. The minimum Gasteiger partial charge on any atom is -0.312 e. The molecule has 1 aromatic rings. The third-order valence-electron chi connectivity index (χ3n) is 4.62. The lowest BCUT2D eigenvalue weighted by molar-refractivity contribution is -0.117. The molecule has 0 aromatic heterocycles. The molecule has 126 valence electrons. The van der Waals surface area contributed by atoms with Crippen molar-refractivity contribution in [2.24, 2.45) is 0 Å². The Hall–Kier alpha value is -1.44. The van der Waals surface area contributed by atoms with Crippen LogP contribution in [0.5, 0.6) is 0 Å². The lowest BCUT2D eigenvalue weighted by atomic mass is 10.2. The van der Waals surface area contributed by atoms with Crippen molar-refractivity contribution in [3.05, 3.63) is 23.8 Å². The van der Waals surface area contributed by atoms with Crippen molar-refractivity contribution >= 4 is 21.6 Å². The van der Waals surface area contributed by atoms with E-state index in [1.165, 1.54) is 0 Å². The predicted molar refractivity (Wildman–Crippen MR) is 89.0 cm³/mol. The number of hydrogen-bond donors (Lipinski definition) is 0. The standard InChI is InChI=1S/C16H23N3O3S/c1-13-12-14(19-7-3-4-16(19)20)5-6-15(13)23(21,22)18-10-8-17(2)9-11-18/h5-6,12H,3-4,7-11H2,1-2H3. The fraction of sp³-hybridized carbons (Fsp3) is 0.562. The van der Waals surface area contributed by atoms with E-state index in [0.29, 0.717) is 36.5 Å². The third-order valence-corrected chi connectivity index (χ3v) is 6.68. The van der Waals surface area contributed by atoms with Gasteiger partial charge in [0.2, 0.25) is 15.9 Å². The van der Waals surface area contributed by atoms with Crippen LogP contribution in [0.3, 0.4) is 0 Å². The van der Waals surface area contributed by atoms with Gasteiger partial charge in [-0.25, -0.2) is 8.42 Å². The number of piperazine rings is 1. The summed E-state index contributed by atoms with van der Waals surface area (Å²) in [6, 6.07) is 5.20. The Morgan fingerprint density at radius 2 is 1.74 bits per heavy atom. The molecule has 23 heavy (non-hydrogen) atoms. The maximum absolute atomic E-state index is 12.8. The van der Waals surface area contributed by atoms with Crippen molar-refractivity contribution in [2.45, 2.75) is 24.7 Å². The molecule has 0 spiro atoms. The van der Waals surface area contributed by atoms with Crippen molar-refractivity contribution < 1.29 is 13.2 Å². The molecular formula is C16H23N3O3S. The van der Waals surface area contributed by atoms with E-state index in [1.54, 1.807) is 28.3 Å². The van der Waals surface area contributed by atoms with E-state index in [2.05, 4.69) is 4.90 Å². The summed E-state index contributed by atoms with van der Waals surface area (Å²) in [4.78, 5) is 16.0. The Kier molecular flexibility index (Phi) is 4.44. The fourth-order valence-corrected chi connectivity index (χ4v) is 4.81. The molecule has 2 saturated heterocycles. The molecule has 1 amide bonds. The van der Waals surface area contributed by atoms with E-state index >= 15 is 0 Å². The minimum atomic E-state index is -3.47. The summed E-state index contributed by atoms with van der Waals surface area (Å²) in [7, 11) is -1.47. The number of amides is 1. The van der Waals surface area contributed by atoms with Crippen LogP contribution in [0, 0.1) is 6.92 Å². The highest BCUT2D eigenvalue weighted by Crippen LogP contribution is 2.27. The molecule has 0 aliphatic carbocycles. The number of carbonyl (C=O) groups excluding carboxylic acids is 1. The van der Waals surface area contributed by atoms with Crippen LogP contribution in [0.1, 0.15) is 18.4 Å². The Morgan fingerprint density at radius 3 is 2.30 bits per heavy atom. The van der Waals surface area contributed by atoms with Crippen LogP contribution in [0.2, 0.25) is 0 Å². The summed E-state index contributed by atoms with van der Waals surface area (Å²) < 4.78 is 27.2. The second kappa shape index (κ2) is 6.22. The summed E-state index contributed by atoms with van der Waals surface area (Å²) in [5.74, 6) is 0.110. The molecule has 0 N–H and O–H groups in total. The van der Waals surface area contributed by atoms with Crippen molar-refractivity contribution in [1.82, 2.24) is 9.21 Å². The number of rotatable bonds is 3. The number of nitrogens with zero attached hydrogens (tertiary/aromatic N) is 3. The summed E-state index contributed by atoms with van der Waals surface area (Å²) in [5, 5.41) is 0. The maximum atomic E-state index is 12.8. The van der Waals surface area contributed by atoms with Gasteiger partial charge in [0, 0.05) is 44.8 Å². The van der Waals surface area contributed by atoms with Gasteiger partial charge in [-0.2, -0.15) is 4.31 Å². The van der Waals surface area contributed by atoms with E-state index < -0.39 is 10.0 Å². The van der Waals surface area contributed by atoms with Crippen LogP contribution in [0.25, 0.3) is 0 Å². The van der Waals surface area contributed by atoms with Gasteiger partial charge in [-0.15, -0.1) is 0 Å². The molecule has 3 rings (SSSR count). The van der Waals surface area contributed by atoms with Gasteiger partial charge in [0.05, 0.1) is 4.90 Å². The lowest BCUT2D eigenvalue weighted by Crippen LogP contribution is -2.47. The van der Waals surface area contributed by atoms with Gasteiger partial charge >= 0.3 is 0 Å². The first-order chi connectivity index (χ1) is 10.9. The average molecular weight is 337 g/mol. The van der Waals surface area contributed by atoms with Gasteiger partial charge in [-0.3, -0.25) is 4.79 Å². The normalized spacial score (nSPS) is 21.1. The summed E-state index contributed by atoms with van der Waals surface area (Å²) in [6.07, 6.45) is 1.43. The Morgan fingerprint density at radius 1 is 1.04 bits per heavy atom. The molecule has 1 aromatic carbocycles. The van der Waals surface area contributed by atoms with Gasteiger partial charge in [-0.05, 0) is 44.2 Å². The van der Waals surface area contributed by atoms with Crippen molar-refractivity contribution in [2.75, 3.05) is 44.7 Å². The lowest BCUT2D eigenvalue weighted by Gasteiger charge is -2.32. The highest BCUT2D eigenvalue weighted by atomic mass is 32.2. The van der Waals surface area contributed by atoms with Gasteiger partial charge in [0.15, 0.2) is 0 Å². The van der Waals surface area contributed by atoms with E-state index in [-0.39, 0.29) is 5.91 Å². The molecule has 0 atom stereocenters. The molecule has 7 heteroatoms. The van der Waals surface area contributed by atoms with E-state index in [0.717, 1.165) is 25.2 Å². The van der Waals surface area contributed by atoms with Crippen LogP contribution < -0.4 is 4.90 Å². The first kappa shape index (κ1) is 16.4. The Bertz CT molecular complexity index is 709. The Labute approximate surface area is 137 Å². The molecule has 6 nitrogen and oxygen atoms in total. The minimum absolute atomic E-state index is 0.110. The van der Waals surface area contributed by atoms with Crippen molar-refractivity contribution in [3.63, 3.8) is 0 Å². The highest BCUT2D eigenvalue weighted by Gasteiger charge is 2.29. The zero-order valence-corrected chi connectivity index (χ0v) is 14.5. The predicted octanol–water partition coefficient (Wildman–Crippen LogP) is 1.06. The topological polar surface area (TPSA) is 60.9 Å². The van der Waals surface area contributed by atoms with Gasteiger partial charge in [-0.1, -0.05) is 0 Å². The number of sulfonamides is 1. The summed E-state index contributed by atoms with van der Waals surface area (Å²) >= 11 is 0. The first-order valence-corrected chi connectivity index (χ1v) is 9.43. The van der Waals surface area contributed by atoms with Crippen molar-refractivity contribution in [1.29, 1.82) is 0 Å². The van der Waals surface area contributed by atoms with Crippen molar-refractivity contribution in [3.8, 4) is 0 Å². The zero-order chi connectivity index (χ0) is 16.6. The summed E-state index contributed by atoms with van der Waals surface area (Å²) in [5.41, 5.74) is 1.49. The fourth-order valence-electron chi connectivity index (χ4n) is 3.18. The number of likely N-dealkylation sites (N-methyl/N-ethyl adjacent to an activating group) is 1. The van der Waals surface area contributed by atoms with E-state index in [9.17, 15) is 13.2 Å². The molecule has 2 aliphatic rings. The molecule has 2 heterocycles. The van der Waals surface area contributed by atoms with Crippen LogP contribution >= 0.6 is 0 Å². The smallest absolute Gasteiger partial charge is 0.243 e. The molecular weight excluding hydrogens is 314 g/mol. The molecule has 2 fully saturated rings. The average Bonchev–Trinajstić information content (AvgIpc) is 2.93. The van der Waals surface area contributed by atoms with E-state index in [1.807, 2.05) is 13.1 Å². The van der Waals surface area contributed by atoms with E-state index in [4.69, 9.17) is 0 Å². The number of aryl methyl sites for hydroxylation is 1. The number of anilines is 1. The summed E-state index contributed by atoms with van der Waals surface area (Å²) in [6.45, 7) is 5.04. The van der Waals surface area contributed by atoms with Gasteiger partial charge < -0.3 is 9.80 Å². The number of benzene rings is 1. The second-order valence-electron chi connectivity index (χ2n) is 6.31. The van der Waals surface area contributed by atoms with Crippen LogP contribution in [0.15, 0.2) is 23.1 Å². The second-order valence-corrected chi connectivity index (χ2v) is 8.21. The first-order valence-electron chi connectivity index (χ1n) is 7.99. The largest absolute Gasteiger partial charge is 0.312 e. The third kappa shape index (κ3) is 3.13. The monoisotopic (exact) mass is 337 g/mol. The molecule has 0 radical (unpaired) electrons. The highest BCUT2D eigenvalue weighted by molar-refractivity contribution is 7.89. The van der Waals surface area contributed by atoms with Gasteiger partial charge in [0.25, 0.3) is 0 Å². The Balaban J connectivity index is 1.86. The number of hydrogen-bond acceptors (Lipinski definition) is 4. The SMILES string of the molecule is Cc1cc(N2CCCC2=O)ccc1S(=O)(=O)N1CCN(C)CC1. The van der Waals surface area contributed by atoms with Crippen LogP contribution in [0.4, 0.5) is 5.69 Å². The molecule has 2 aliphatic heterocycles. The number of carbonyl (C=O) groups is 1. The molecule has 0 unspecified atom stereocenters. The van der Waals surface area contributed by atoms with Gasteiger partial charge in [0.1, 0.15) is 0 Å². The van der Waals surface area contributed by atoms with Crippen LogP contribution in [-0.4, -0.2) is 63.3 Å². The quantitative estimate of drug-likeness (QED) is 0.827.